The fourth-order valence-electron chi connectivity index (χ4n) is 6.12. The number of nitrogens with zero attached hydrogens (tertiary/aromatic N) is 1. The zero-order valence-electron chi connectivity index (χ0n) is 21.2. The van der Waals surface area contributed by atoms with Gasteiger partial charge in [-0.1, -0.05) is 44.2 Å². The monoisotopic (exact) mass is 502 g/mol. The molecule has 0 radical (unpaired) electrons. The molecule has 3 unspecified atom stereocenters. The largest absolute Gasteiger partial charge is 0.434 e. The molecule has 1 saturated carbocycles. The second-order valence-corrected chi connectivity index (χ2v) is 10.6. The third kappa shape index (κ3) is 6.05. The average Bonchev–Trinajstić information content (AvgIpc) is 3.17. The van der Waals surface area contributed by atoms with Crippen molar-refractivity contribution in [2.24, 2.45) is 11.3 Å². The lowest BCUT2D eigenvalue weighted by atomic mass is 9.74. The molecule has 1 heterocycles. The minimum Gasteiger partial charge on any atom is -0.434 e. The van der Waals surface area contributed by atoms with E-state index in [0.717, 1.165) is 51.6 Å². The number of benzene rings is 2. The molecule has 0 aromatic heterocycles. The molecule has 1 amide bonds. The van der Waals surface area contributed by atoms with E-state index in [1.54, 1.807) is 30.3 Å². The lowest BCUT2D eigenvalue weighted by Gasteiger charge is -2.34. The Kier molecular flexibility index (Phi) is 8.60. The van der Waals surface area contributed by atoms with Gasteiger partial charge >= 0.3 is 6.61 Å². The highest BCUT2D eigenvalue weighted by Gasteiger charge is 2.48. The smallest absolute Gasteiger partial charge is 0.387 e. The molecule has 2 aliphatic rings. The van der Waals surface area contributed by atoms with Crippen LogP contribution < -0.4 is 10.1 Å². The highest BCUT2D eigenvalue weighted by Crippen LogP contribution is 2.47. The molecule has 4 rings (SSSR count). The Morgan fingerprint density at radius 3 is 2.56 bits per heavy atom. The number of rotatable bonds is 8. The quantitative estimate of drug-likeness (QED) is 0.448. The number of alkyl halides is 2. The van der Waals surface area contributed by atoms with Crippen LogP contribution in [0.3, 0.4) is 0 Å². The number of carbonyl (C=O) groups excluding carboxylic acids is 1. The molecule has 0 spiro atoms. The van der Waals surface area contributed by atoms with Gasteiger partial charge in [-0.3, -0.25) is 4.79 Å². The third-order valence-corrected chi connectivity index (χ3v) is 8.33. The fraction of sp³-hybridized carbons (Fsp3) is 0.552. The number of halogens is 3. The number of para-hydroxylation sites is 1. The van der Waals surface area contributed by atoms with Crippen LogP contribution in [0.4, 0.5) is 13.2 Å². The first-order valence-corrected chi connectivity index (χ1v) is 13.1. The van der Waals surface area contributed by atoms with Crippen molar-refractivity contribution in [3.8, 4) is 5.75 Å². The van der Waals surface area contributed by atoms with E-state index in [1.807, 2.05) is 12.1 Å². The Morgan fingerprint density at radius 1 is 1.08 bits per heavy atom. The summed E-state index contributed by atoms with van der Waals surface area (Å²) in [4.78, 5) is 16.1. The van der Waals surface area contributed by atoms with Crippen LogP contribution in [0, 0.1) is 17.2 Å². The molecule has 1 N–H and O–H groups in total. The van der Waals surface area contributed by atoms with Gasteiger partial charge in [0.15, 0.2) is 0 Å². The van der Waals surface area contributed by atoms with E-state index in [-0.39, 0.29) is 29.9 Å². The van der Waals surface area contributed by atoms with Crippen LogP contribution in [-0.2, 0) is 11.3 Å². The molecule has 2 aromatic carbocycles. The number of likely N-dealkylation sites (tertiary alicyclic amines) is 1. The Morgan fingerprint density at radius 2 is 1.83 bits per heavy atom. The fourth-order valence-corrected chi connectivity index (χ4v) is 6.12. The standard InChI is InChI=1S/C29H37F3N2O2/c1-20(2)29(27(35)33-19-23-6-3-4-8-26(23)36-28(31)32)15-13-25(18-29)34-16-5-7-21(14-17-34)22-9-11-24(30)12-10-22/h3-4,6,8-12,20-21,25,28H,5,7,13-19H2,1-2H3,(H,33,35). The van der Waals surface area contributed by atoms with Crippen molar-refractivity contribution in [2.45, 2.75) is 77.5 Å². The molecule has 1 aliphatic carbocycles. The van der Waals surface area contributed by atoms with Crippen LogP contribution in [0.25, 0.3) is 0 Å². The van der Waals surface area contributed by atoms with Gasteiger partial charge in [-0.05, 0) is 87.2 Å². The van der Waals surface area contributed by atoms with Crippen LogP contribution in [0.1, 0.15) is 69.4 Å². The lowest BCUT2D eigenvalue weighted by Crippen LogP contribution is -2.44. The number of carbonyl (C=O) groups is 1. The maximum absolute atomic E-state index is 13.5. The van der Waals surface area contributed by atoms with Gasteiger partial charge in [-0.2, -0.15) is 8.78 Å². The van der Waals surface area contributed by atoms with Gasteiger partial charge in [0.25, 0.3) is 0 Å². The lowest BCUT2D eigenvalue weighted by molar-refractivity contribution is -0.133. The van der Waals surface area contributed by atoms with Crippen molar-refractivity contribution in [3.63, 3.8) is 0 Å². The third-order valence-electron chi connectivity index (χ3n) is 8.33. The van der Waals surface area contributed by atoms with E-state index in [4.69, 9.17) is 0 Å². The number of hydrogen-bond donors (Lipinski definition) is 1. The summed E-state index contributed by atoms with van der Waals surface area (Å²) in [5, 5.41) is 3.03. The predicted octanol–water partition coefficient (Wildman–Crippen LogP) is 6.51. The summed E-state index contributed by atoms with van der Waals surface area (Å²) in [6, 6.07) is 13.8. The van der Waals surface area contributed by atoms with Crippen molar-refractivity contribution in [1.29, 1.82) is 0 Å². The number of nitrogens with one attached hydrogen (secondary N) is 1. The van der Waals surface area contributed by atoms with Gasteiger partial charge in [-0.25, -0.2) is 4.39 Å². The minimum absolute atomic E-state index is 0.00846. The van der Waals surface area contributed by atoms with Crippen molar-refractivity contribution in [3.05, 3.63) is 65.5 Å². The normalized spacial score (nSPS) is 25.2. The first-order valence-electron chi connectivity index (χ1n) is 13.1. The Balaban J connectivity index is 1.38. The summed E-state index contributed by atoms with van der Waals surface area (Å²) >= 11 is 0. The Hall–Kier alpha value is -2.54. The van der Waals surface area contributed by atoms with E-state index < -0.39 is 12.0 Å². The van der Waals surface area contributed by atoms with E-state index in [9.17, 15) is 18.0 Å². The van der Waals surface area contributed by atoms with E-state index in [2.05, 4.69) is 28.8 Å². The maximum Gasteiger partial charge on any atom is 0.387 e. The van der Waals surface area contributed by atoms with Gasteiger partial charge < -0.3 is 15.0 Å². The van der Waals surface area contributed by atoms with Crippen LogP contribution in [-0.4, -0.2) is 36.5 Å². The van der Waals surface area contributed by atoms with Crippen LogP contribution in [0.5, 0.6) is 5.75 Å². The van der Waals surface area contributed by atoms with Gasteiger partial charge in [0.2, 0.25) is 5.91 Å². The second-order valence-electron chi connectivity index (χ2n) is 10.6. The van der Waals surface area contributed by atoms with Gasteiger partial charge in [0.1, 0.15) is 11.6 Å². The number of amides is 1. The van der Waals surface area contributed by atoms with Crippen LogP contribution in [0.15, 0.2) is 48.5 Å². The van der Waals surface area contributed by atoms with Crippen molar-refractivity contribution >= 4 is 5.91 Å². The SMILES string of the molecule is CC(C)C1(C(=O)NCc2ccccc2OC(F)F)CCC(N2CCCC(c3ccc(F)cc3)CC2)C1. The second kappa shape index (κ2) is 11.7. The summed E-state index contributed by atoms with van der Waals surface area (Å²) in [5.41, 5.74) is 1.27. The van der Waals surface area contributed by atoms with Crippen LogP contribution >= 0.6 is 0 Å². The predicted molar refractivity (Wildman–Crippen MR) is 134 cm³/mol. The molecule has 196 valence electrons. The highest BCUT2D eigenvalue weighted by atomic mass is 19.3. The molecular formula is C29H37F3N2O2. The van der Waals surface area contributed by atoms with Gasteiger partial charge in [0, 0.05) is 18.2 Å². The number of hydrogen-bond acceptors (Lipinski definition) is 3. The molecule has 1 aliphatic heterocycles. The molecule has 1 saturated heterocycles. The van der Waals surface area contributed by atoms with Crippen molar-refractivity contribution in [2.75, 3.05) is 13.1 Å². The molecule has 3 atom stereocenters. The molecule has 36 heavy (non-hydrogen) atoms. The molecule has 2 aromatic rings. The zero-order valence-corrected chi connectivity index (χ0v) is 21.2. The molecule has 0 bridgehead atoms. The van der Waals surface area contributed by atoms with E-state index in [1.165, 1.54) is 11.6 Å². The average molecular weight is 503 g/mol. The molecule has 2 fully saturated rings. The Labute approximate surface area is 212 Å². The molecular weight excluding hydrogens is 465 g/mol. The van der Waals surface area contributed by atoms with Crippen LogP contribution in [0.2, 0.25) is 0 Å². The molecule has 4 nitrogen and oxygen atoms in total. The van der Waals surface area contributed by atoms with Crippen molar-refractivity contribution in [1.82, 2.24) is 10.2 Å². The van der Waals surface area contributed by atoms with E-state index >= 15 is 0 Å². The first kappa shape index (κ1) is 26.5. The minimum atomic E-state index is -2.91. The van der Waals surface area contributed by atoms with Gasteiger partial charge in [-0.15, -0.1) is 0 Å². The summed E-state index contributed by atoms with van der Waals surface area (Å²) in [6.45, 7) is 3.43. The number of ether oxygens (including phenoxy) is 1. The summed E-state index contributed by atoms with van der Waals surface area (Å²) in [6.07, 6.45) is 5.79. The summed E-state index contributed by atoms with van der Waals surface area (Å²) < 4.78 is 43.5. The Bertz CT molecular complexity index is 1010. The van der Waals surface area contributed by atoms with Gasteiger partial charge in [0.05, 0.1) is 5.41 Å². The topological polar surface area (TPSA) is 41.6 Å². The zero-order chi connectivity index (χ0) is 25.7. The van der Waals surface area contributed by atoms with Crippen molar-refractivity contribution < 1.29 is 22.7 Å². The van der Waals surface area contributed by atoms with E-state index in [0.29, 0.717) is 17.5 Å². The highest BCUT2D eigenvalue weighted by molar-refractivity contribution is 5.83. The summed E-state index contributed by atoms with van der Waals surface area (Å²) in [5.74, 6) is 0.481. The molecule has 7 heteroatoms. The first-order chi connectivity index (χ1) is 17.3. The maximum atomic E-state index is 13.5. The summed E-state index contributed by atoms with van der Waals surface area (Å²) in [7, 11) is 0.